The molecule has 2 heteroatoms. The smallest absolute Gasteiger partial charge is 0.0227 e. The highest BCUT2D eigenvalue weighted by Gasteiger charge is 2.34. The topological polar surface area (TPSA) is 15.3 Å². The first-order chi connectivity index (χ1) is 6.27. The first-order valence-corrected chi connectivity index (χ1v) is 5.38. The Bertz CT molecular complexity index is 186. The summed E-state index contributed by atoms with van der Waals surface area (Å²) in [6, 6.07) is 1.61. The van der Waals surface area contributed by atoms with Crippen molar-refractivity contribution in [2.24, 2.45) is 0 Å². The van der Waals surface area contributed by atoms with E-state index >= 15 is 0 Å². The molecule has 0 saturated carbocycles. The molecule has 0 radical (unpaired) electrons. The molecule has 2 rings (SSSR count). The monoisotopic (exact) mass is 180 g/mol. The molecule has 2 aliphatic heterocycles. The first kappa shape index (κ1) is 9.22. The second-order valence-electron chi connectivity index (χ2n) is 4.51. The number of hydrogen-bond acceptors (Lipinski definition) is 2. The van der Waals surface area contributed by atoms with E-state index in [-0.39, 0.29) is 0 Å². The van der Waals surface area contributed by atoms with E-state index in [1.807, 2.05) is 0 Å². The molecule has 0 amide bonds. The maximum absolute atomic E-state index is 4.01. The van der Waals surface area contributed by atoms with Crippen LogP contribution < -0.4 is 5.32 Å². The zero-order chi connectivity index (χ0) is 9.26. The molecule has 0 aromatic carbocycles. The van der Waals surface area contributed by atoms with E-state index < -0.39 is 0 Å². The van der Waals surface area contributed by atoms with E-state index in [1.165, 1.54) is 37.9 Å². The summed E-state index contributed by atoms with van der Waals surface area (Å²) in [5.41, 5.74) is 1.30. The van der Waals surface area contributed by atoms with Gasteiger partial charge in [-0.15, -0.1) is 0 Å². The van der Waals surface area contributed by atoms with Gasteiger partial charge in [0.05, 0.1) is 0 Å². The lowest BCUT2D eigenvalue weighted by Gasteiger charge is -2.27. The van der Waals surface area contributed by atoms with Crippen LogP contribution in [-0.4, -0.2) is 36.6 Å². The van der Waals surface area contributed by atoms with Gasteiger partial charge < -0.3 is 5.32 Å². The Morgan fingerprint density at radius 1 is 1.38 bits per heavy atom. The fourth-order valence-corrected chi connectivity index (χ4v) is 2.65. The fourth-order valence-electron chi connectivity index (χ4n) is 2.65. The molecule has 2 nitrogen and oxygen atoms in total. The third kappa shape index (κ3) is 1.94. The van der Waals surface area contributed by atoms with Crippen molar-refractivity contribution in [3.8, 4) is 0 Å². The van der Waals surface area contributed by atoms with Gasteiger partial charge in [-0.05, 0) is 32.7 Å². The number of rotatable bonds is 2. The van der Waals surface area contributed by atoms with Crippen molar-refractivity contribution in [3.05, 3.63) is 12.2 Å². The molecule has 2 unspecified atom stereocenters. The summed E-state index contributed by atoms with van der Waals surface area (Å²) in [7, 11) is 0. The zero-order valence-corrected chi connectivity index (χ0v) is 8.55. The predicted molar refractivity (Wildman–Crippen MR) is 55.8 cm³/mol. The van der Waals surface area contributed by atoms with Gasteiger partial charge in [-0.1, -0.05) is 12.2 Å². The van der Waals surface area contributed by atoms with Crippen molar-refractivity contribution in [3.63, 3.8) is 0 Å². The molecule has 2 fully saturated rings. The zero-order valence-electron chi connectivity index (χ0n) is 8.55. The molecule has 0 aromatic rings. The number of nitrogens with one attached hydrogen (secondary N) is 1. The van der Waals surface area contributed by atoms with E-state index in [4.69, 9.17) is 0 Å². The van der Waals surface area contributed by atoms with Gasteiger partial charge in [-0.25, -0.2) is 0 Å². The molecule has 2 heterocycles. The SMILES string of the molecule is C=C(C)CN1C2CCNCC1CC2. The Labute approximate surface area is 81.0 Å². The lowest BCUT2D eigenvalue weighted by molar-refractivity contribution is 0.221. The average Bonchev–Trinajstić information content (AvgIpc) is 2.24. The summed E-state index contributed by atoms with van der Waals surface area (Å²) >= 11 is 0. The highest BCUT2D eigenvalue weighted by atomic mass is 15.2. The van der Waals surface area contributed by atoms with Crippen molar-refractivity contribution in [2.45, 2.75) is 38.3 Å². The molecule has 0 spiro atoms. The molecule has 0 aliphatic carbocycles. The number of fused-ring (bicyclic) bond motifs is 2. The van der Waals surface area contributed by atoms with Gasteiger partial charge in [0.1, 0.15) is 0 Å². The molecule has 2 aliphatic rings. The van der Waals surface area contributed by atoms with Gasteiger partial charge in [0.2, 0.25) is 0 Å². The van der Waals surface area contributed by atoms with Gasteiger partial charge in [-0.2, -0.15) is 0 Å². The Morgan fingerprint density at radius 2 is 2.15 bits per heavy atom. The van der Waals surface area contributed by atoms with Gasteiger partial charge in [0.25, 0.3) is 0 Å². The molecule has 1 N–H and O–H groups in total. The minimum Gasteiger partial charge on any atom is -0.315 e. The van der Waals surface area contributed by atoms with Crippen molar-refractivity contribution in [1.82, 2.24) is 10.2 Å². The van der Waals surface area contributed by atoms with Crippen molar-refractivity contribution >= 4 is 0 Å². The summed E-state index contributed by atoms with van der Waals surface area (Å²) in [4.78, 5) is 2.66. The Hall–Kier alpha value is -0.340. The standard InChI is InChI=1S/C11H20N2/c1-9(2)8-13-10-3-4-11(13)7-12-6-5-10/h10-12H,1,3-8H2,2H3. The quantitative estimate of drug-likeness (QED) is 0.646. The van der Waals surface area contributed by atoms with Crippen molar-refractivity contribution < 1.29 is 0 Å². The third-order valence-corrected chi connectivity index (χ3v) is 3.26. The molecule has 2 saturated heterocycles. The van der Waals surface area contributed by atoms with Gasteiger partial charge in [0, 0.05) is 25.2 Å². The summed E-state index contributed by atoms with van der Waals surface area (Å²) in [5.74, 6) is 0. The molecule has 74 valence electrons. The van der Waals surface area contributed by atoms with Gasteiger partial charge >= 0.3 is 0 Å². The predicted octanol–water partition coefficient (Wildman–Crippen LogP) is 1.39. The lowest BCUT2D eigenvalue weighted by Crippen LogP contribution is -2.38. The number of hydrogen-bond donors (Lipinski definition) is 1. The Kier molecular flexibility index (Phi) is 2.70. The summed E-state index contributed by atoms with van der Waals surface area (Å²) in [6.07, 6.45) is 4.11. The number of nitrogens with zero attached hydrogens (tertiary/aromatic N) is 1. The van der Waals surface area contributed by atoms with Gasteiger partial charge in [0.15, 0.2) is 0 Å². The second-order valence-corrected chi connectivity index (χ2v) is 4.51. The van der Waals surface area contributed by atoms with E-state index in [9.17, 15) is 0 Å². The first-order valence-electron chi connectivity index (χ1n) is 5.38. The fraction of sp³-hybridized carbons (Fsp3) is 0.818. The molecule has 0 aromatic heterocycles. The lowest BCUT2D eigenvalue weighted by atomic mass is 10.1. The maximum Gasteiger partial charge on any atom is 0.0227 e. The molecule has 2 atom stereocenters. The highest BCUT2D eigenvalue weighted by Crippen LogP contribution is 2.28. The molecule has 2 bridgehead atoms. The van der Waals surface area contributed by atoms with Gasteiger partial charge in [-0.3, -0.25) is 4.90 Å². The van der Waals surface area contributed by atoms with Crippen LogP contribution in [0.4, 0.5) is 0 Å². The maximum atomic E-state index is 4.01. The summed E-state index contributed by atoms with van der Waals surface area (Å²) < 4.78 is 0. The Morgan fingerprint density at radius 3 is 2.92 bits per heavy atom. The molecule has 13 heavy (non-hydrogen) atoms. The van der Waals surface area contributed by atoms with Crippen LogP contribution in [0.5, 0.6) is 0 Å². The second kappa shape index (κ2) is 3.81. The molecular weight excluding hydrogens is 160 g/mol. The van der Waals surface area contributed by atoms with Crippen LogP contribution >= 0.6 is 0 Å². The van der Waals surface area contributed by atoms with Crippen LogP contribution in [-0.2, 0) is 0 Å². The van der Waals surface area contributed by atoms with Crippen LogP contribution in [0, 0.1) is 0 Å². The average molecular weight is 180 g/mol. The van der Waals surface area contributed by atoms with E-state index in [2.05, 4.69) is 23.7 Å². The van der Waals surface area contributed by atoms with E-state index in [0.717, 1.165) is 18.6 Å². The minimum absolute atomic E-state index is 0.782. The summed E-state index contributed by atoms with van der Waals surface area (Å²) in [5, 5.41) is 3.51. The van der Waals surface area contributed by atoms with Crippen molar-refractivity contribution in [1.29, 1.82) is 0 Å². The van der Waals surface area contributed by atoms with E-state index in [1.54, 1.807) is 0 Å². The van der Waals surface area contributed by atoms with Crippen LogP contribution in [0.25, 0.3) is 0 Å². The Balaban J connectivity index is 2.03. The van der Waals surface area contributed by atoms with Crippen LogP contribution in [0.3, 0.4) is 0 Å². The third-order valence-electron chi connectivity index (χ3n) is 3.26. The van der Waals surface area contributed by atoms with E-state index in [0.29, 0.717) is 0 Å². The normalized spacial score (nSPS) is 34.5. The highest BCUT2D eigenvalue weighted by molar-refractivity contribution is 5.00. The summed E-state index contributed by atoms with van der Waals surface area (Å²) in [6.45, 7) is 9.65. The van der Waals surface area contributed by atoms with Crippen LogP contribution in [0.1, 0.15) is 26.2 Å². The van der Waals surface area contributed by atoms with Crippen molar-refractivity contribution in [2.75, 3.05) is 19.6 Å². The van der Waals surface area contributed by atoms with Crippen LogP contribution in [0.15, 0.2) is 12.2 Å². The minimum atomic E-state index is 0.782. The van der Waals surface area contributed by atoms with Crippen LogP contribution in [0.2, 0.25) is 0 Å². The molecular formula is C11H20N2. The largest absolute Gasteiger partial charge is 0.315 e.